The summed E-state index contributed by atoms with van der Waals surface area (Å²) in [7, 11) is 0. The maximum atomic E-state index is 9.83. The zero-order valence-electron chi connectivity index (χ0n) is 9.39. The van der Waals surface area contributed by atoms with Crippen molar-refractivity contribution >= 4 is 5.69 Å². The van der Waals surface area contributed by atoms with Crippen LogP contribution in [-0.4, -0.2) is 5.11 Å². The average Bonchev–Trinajstić information content (AvgIpc) is 2.07. The van der Waals surface area contributed by atoms with Gasteiger partial charge in [0.25, 0.3) is 0 Å². The molecule has 78 valence electrons. The van der Waals surface area contributed by atoms with Gasteiger partial charge in [-0.1, -0.05) is 33.8 Å². The summed E-state index contributed by atoms with van der Waals surface area (Å²) in [5.74, 6) is 0.231. The van der Waals surface area contributed by atoms with E-state index in [0.717, 1.165) is 12.0 Å². The summed E-state index contributed by atoms with van der Waals surface area (Å²) in [5.41, 5.74) is 8.26. The first kappa shape index (κ1) is 10.9. The molecule has 0 aliphatic rings. The minimum atomic E-state index is -0.0661. The minimum absolute atomic E-state index is 0.0661. The zero-order chi connectivity index (χ0) is 10.9. The van der Waals surface area contributed by atoms with Crippen LogP contribution in [0.15, 0.2) is 12.1 Å². The van der Waals surface area contributed by atoms with Gasteiger partial charge in [-0.15, -0.1) is 0 Å². The molecule has 3 N–H and O–H groups in total. The molecule has 0 radical (unpaired) electrons. The van der Waals surface area contributed by atoms with Crippen molar-refractivity contribution in [1.82, 2.24) is 0 Å². The van der Waals surface area contributed by atoms with Crippen molar-refractivity contribution in [2.75, 3.05) is 5.73 Å². The monoisotopic (exact) mass is 193 g/mol. The first-order valence-electron chi connectivity index (χ1n) is 4.98. The van der Waals surface area contributed by atoms with E-state index < -0.39 is 0 Å². The lowest BCUT2D eigenvalue weighted by molar-refractivity contribution is 0.449. The molecule has 0 aromatic heterocycles. The molecule has 0 fully saturated rings. The molecule has 1 aromatic carbocycles. The Labute approximate surface area is 85.8 Å². The van der Waals surface area contributed by atoms with E-state index in [1.165, 1.54) is 5.56 Å². The molecule has 0 unspecified atom stereocenters. The quantitative estimate of drug-likeness (QED) is 0.532. The second-order valence-corrected chi connectivity index (χ2v) is 4.68. The molecule has 2 nitrogen and oxygen atoms in total. The van der Waals surface area contributed by atoms with Gasteiger partial charge in [-0.05, 0) is 23.5 Å². The SMILES string of the molecule is CCc1cc(N)c(O)c(C(C)(C)C)c1. The first-order valence-corrected chi connectivity index (χ1v) is 4.98. The minimum Gasteiger partial charge on any atom is -0.505 e. The van der Waals surface area contributed by atoms with Crippen LogP contribution in [-0.2, 0) is 11.8 Å². The second kappa shape index (κ2) is 3.52. The third-order valence-corrected chi connectivity index (χ3v) is 2.42. The summed E-state index contributed by atoms with van der Waals surface area (Å²) in [5, 5.41) is 9.83. The zero-order valence-corrected chi connectivity index (χ0v) is 9.39. The van der Waals surface area contributed by atoms with Crippen molar-refractivity contribution in [2.45, 2.75) is 39.5 Å². The van der Waals surface area contributed by atoms with Gasteiger partial charge in [0.2, 0.25) is 0 Å². The van der Waals surface area contributed by atoms with Crippen molar-refractivity contribution in [3.05, 3.63) is 23.3 Å². The number of rotatable bonds is 1. The highest BCUT2D eigenvalue weighted by atomic mass is 16.3. The number of nitrogen functional groups attached to an aromatic ring is 1. The Balaban J connectivity index is 3.35. The fourth-order valence-electron chi connectivity index (χ4n) is 1.49. The van der Waals surface area contributed by atoms with E-state index in [4.69, 9.17) is 5.73 Å². The Bertz CT molecular complexity index is 337. The number of aromatic hydroxyl groups is 1. The van der Waals surface area contributed by atoms with Crippen LogP contribution in [0.1, 0.15) is 38.8 Å². The first-order chi connectivity index (χ1) is 6.36. The fourth-order valence-corrected chi connectivity index (χ4v) is 1.49. The fraction of sp³-hybridized carbons (Fsp3) is 0.500. The van der Waals surface area contributed by atoms with E-state index in [2.05, 4.69) is 27.7 Å². The molecule has 1 rings (SSSR count). The number of benzene rings is 1. The summed E-state index contributed by atoms with van der Waals surface area (Å²) < 4.78 is 0. The van der Waals surface area contributed by atoms with E-state index >= 15 is 0 Å². The molecule has 0 saturated heterocycles. The maximum absolute atomic E-state index is 9.83. The molecule has 1 aromatic rings. The third kappa shape index (κ3) is 2.00. The predicted molar refractivity (Wildman–Crippen MR) is 60.6 cm³/mol. The molecule has 14 heavy (non-hydrogen) atoms. The van der Waals surface area contributed by atoms with Crippen molar-refractivity contribution < 1.29 is 5.11 Å². The average molecular weight is 193 g/mol. The number of nitrogens with two attached hydrogens (primary N) is 1. The molecule has 0 amide bonds. The number of anilines is 1. The van der Waals surface area contributed by atoms with Crippen LogP contribution in [0.5, 0.6) is 5.75 Å². The number of aryl methyl sites for hydroxylation is 1. The van der Waals surface area contributed by atoms with Gasteiger partial charge in [0, 0.05) is 5.56 Å². The molecular weight excluding hydrogens is 174 g/mol. The van der Waals surface area contributed by atoms with E-state index in [1.807, 2.05) is 12.1 Å². The Morgan fingerprint density at radius 1 is 1.29 bits per heavy atom. The van der Waals surface area contributed by atoms with Gasteiger partial charge in [0.15, 0.2) is 0 Å². The molecule has 0 aliphatic carbocycles. The summed E-state index contributed by atoms with van der Waals surface area (Å²) in [6, 6.07) is 3.87. The summed E-state index contributed by atoms with van der Waals surface area (Å²) in [6.07, 6.45) is 0.938. The van der Waals surface area contributed by atoms with E-state index in [-0.39, 0.29) is 11.2 Å². The highest BCUT2D eigenvalue weighted by Crippen LogP contribution is 2.35. The lowest BCUT2D eigenvalue weighted by Crippen LogP contribution is -2.12. The summed E-state index contributed by atoms with van der Waals surface area (Å²) in [6.45, 7) is 8.29. The number of hydrogen-bond acceptors (Lipinski definition) is 2. The van der Waals surface area contributed by atoms with Crippen LogP contribution in [0.2, 0.25) is 0 Å². The Morgan fingerprint density at radius 3 is 2.29 bits per heavy atom. The smallest absolute Gasteiger partial charge is 0.142 e. The molecule has 0 aliphatic heterocycles. The van der Waals surface area contributed by atoms with E-state index in [9.17, 15) is 5.11 Å². The van der Waals surface area contributed by atoms with Crippen molar-refractivity contribution in [2.24, 2.45) is 0 Å². The molecule has 0 saturated carbocycles. The molecule has 0 heterocycles. The van der Waals surface area contributed by atoms with Crippen LogP contribution in [0.4, 0.5) is 5.69 Å². The highest BCUT2D eigenvalue weighted by molar-refractivity contribution is 5.59. The normalized spacial score (nSPS) is 11.7. The molecule has 0 bridgehead atoms. The Morgan fingerprint density at radius 2 is 1.86 bits per heavy atom. The predicted octanol–water partition coefficient (Wildman–Crippen LogP) is 2.83. The lowest BCUT2D eigenvalue weighted by atomic mass is 9.84. The van der Waals surface area contributed by atoms with Crippen LogP contribution >= 0.6 is 0 Å². The Hall–Kier alpha value is -1.18. The topological polar surface area (TPSA) is 46.2 Å². The summed E-state index contributed by atoms with van der Waals surface area (Å²) >= 11 is 0. The van der Waals surface area contributed by atoms with Crippen LogP contribution < -0.4 is 5.73 Å². The number of hydrogen-bond donors (Lipinski definition) is 2. The standard InChI is InChI=1S/C12H19NO/c1-5-8-6-9(12(2,3)4)11(14)10(13)7-8/h6-7,14H,5,13H2,1-4H3. The maximum Gasteiger partial charge on any atom is 0.142 e. The number of phenols is 1. The van der Waals surface area contributed by atoms with Crippen LogP contribution in [0.3, 0.4) is 0 Å². The summed E-state index contributed by atoms with van der Waals surface area (Å²) in [4.78, 5) is 0. The van der Waals surface area contributed by atoms with E-state index in [0.29, 0.717) is 5.69 Å². The number of phenolic OH excluding ortho intramolecular Hbond substituents is 1. The van der Waals surface area contributed by atoms with Gasteiger partial charge >= 0.3 is 0 Å². The molecule has 2 heteroatoms. The van der Waals surface area contributed by atoms with Gasteiger partial charge < -0.3 is 10.8 Å². The lowest BCUT2D eigenvalue weighted by Gasteiger charge is -2.22. The molecule has 0 atom stereocenters. The van der Waals surface area contributed by atoms with Gasteiger partial charge in [0.1, 0.15) is 5.75 Å². The van der Waals surface area contributed by atoms with Gasteiger partial charge in [-0.2, -0.15) is 0 Å². The van der Waals surface area contributed by atoms with Crippen LogP contribution in [0.25, 0.3) is 0 Å². The second-order valence-electron chi connectivity index (χ2n) is 4.68. The van der Waals surface area contributed by atoms with Gasteiger partial charge in [0.05, 0.1) is 5.69 Å². The highest BCUT2D eigenvalue weighted by Gasteiger charge is 2.20. The largest absolute Gasteiger partial charge is 0.505 e. The van der Waals surface area contributed by atoms with Gasteiger partial charge in [-0.3, -0.25) is 0 Å². The Kier molecular flexibility index (Phi) is 2.74. The van der Waals surface area contributed by atoms with Crippen molar-refractivity contribution in [3.63, 3.8) is 0 Å². The van der Waals surface area contributed by atoms with Crippen molar-refractivity contribution in [1.29, 1.82) is 0 Å². The van der Waals surface area contributed by atoms with E-state index in [1.54, 1.807) is 0 Å². The van der Waals surface area contributed by atoms with Crippen LogP contribution in [0, 0.1) is 0 Å². The molecular formula is C12H19NO. The molecule has 0 spiro atoms. The van der Waals surface area contributed by atoms with Gasteiger partial charge in [-0.25, -0.2) is 0 Å². The van der Waals surface area contributed by atoms with Crippen molar-refractivity contribution in [3.8, 4) is 5.75 Å². The third-order valence-electron chi connectivity index (χ3n) is 2.42.